The van der Waals surface area contributed by atoms with Crippen LogP contribution in [0.25, 0.3) is 0 Å². The molecule has 18 heavy (non-hydrogen) atoms. The van der Waals surface area contributed by atoms with E-state index in [1.54, 1.807) is 11.3 Å². The fourth-order valence-corrected chi connectivity index (χ4v) is 3.43. The fraction of sp³-hybridized carbons (Fsp3) is 0.643. The van der Waals surface area contributed by atoms with Crippen LogP contribution in [0.4, 0.5) is 0 Å². The zero-order valence-corrected chi connectivity index (χ0v) is 12.2. The van der Waals surface area contributed by atoms with Gasteiger partial charge < -0.3 is 10.6 Å². The Morgan fingerprint density at radius 3 is 2.89 bits per heavy atom. The number of hydrogen-bond acceptors (Lipinski definition) is 3. The zero-order chi connectivity index (χ0) is 13.2. The highest BCUT2D eigenvalue weighted by molar-refractivity contribution is 7.10. The zero-order valence-electron chi connectivity index (χ0n) is 11.4. The Morgan fingerprint density at radius 2 is 2.39 bits per heavy atom. The highest BCUT2D eigenvalue weighted by atomic mass is 32.1. The number of amides is 1. The molecule has 1 unspecified atom stereocenters. The molecule has 0 bridgehead atoms. The van der Waals surface area contributed by atoms with Gasteiger partial charge in [-0.25, -0.2) is 0 Å². The largest absolute Gasteiger partial charge is 0.351 e. The van der Waals surface area contributed by atoms with Gasteiger partial charge in [0.2, 0.25) is 5.91 Å². The smallest absolute Gasteiger partial charge is 0.228 e. The molecule has 2 N–H and O–H groups in total. The highest BCUT2D eigenvalue weighted by Crippen LogP contribution is 2.34. The minimum absolute atomic E-state index is 0.204. The Morgan fingerprint density at radius 1 is 1.61 bits per heavy atom. The van der Waals surface area contributed by atoms with Gasteiger partial charge in [-0.05, 0) is 42.8 Å². The molecular weight excluding hydrogens is 244 g/mol. The highest BCUT2D eigenvalue weighted by Gasteiger charge is 2.43. The topological polar surface area (TPSA) is 41.1 Å². The first-order chi connectivity index (χ1) is 8.56. The van der Waals surface area contributed by atoms with Gasteiger partial charge in [-0.1, -0.05) is 13.8 Å². The van der Waals surface area contributed by atoms with Crippen LogP contribution in [0.2, 0.25) is 0 Å². The van der Waals surface area contributed by atoms with Crippen LogP contribution >= 0.6 is 11.3 Å². The first-order valence-corrected chi connectivity index (χ1v) is 7.46. The van der Waals surface area contributed by atoms with E-state index in [4.69, 9.17) is 0 Å². The van der Waals surface area contributed by atoms with Crippen LogP contribution in [-0.4, -0.2) is 19.0 Å². The van der Waals surface area contributed by atoms with E-state index >= 15 is 0 Å². The fourth-order valence-electron chi connectivity index (χ4n) is 2.58. The molecule has 0 saturated carbocycles. The van der Waals surface area contributed by atoms with Crippen LogP contribution in [0.5, 0.6) is 0 Å². The van der Waals surface area contributed by atoms with Gasteiger partial charge in [-0.2, -0.15) is 0 Å². The van der Waals surface area contributed by atoms with Crippen LogP contribution < -0.4 is 10.6 Å². The van der Waals surface area contributed by atoms with Crippen molar-refractivity contribution in [3.8, 4) is 0 Å². The number of aryl methyl sites for hydroxylation is 1. The molecular formula is C14H22N2OS. The first-order valence-electron chi connectivity index (χ1n) is 6.58. The van der Waals surface area contributed by atoms with Gasteiger partial charge in [0.25, 0.3) is 0 Å². The molecule has 0 radical (unpaired) electrons. The molecule has 0 aromatic carbocycles. The molecule has 1 aromatic heterocycles. The quantitative estimate of drug-likeness (QED) is 0.878. The van der Waals surface area contributed by atoms with E-state index in [1.165, 1.54) is 10.4 Å². The molecule has 4 heteroatoms. The Kier molecular flexibility index (Phi) is 4.07. The van der Waals surface area contributed by atoms with Crippen LogP contribution in [-0.2, 0) is 11.3 Å². The van der Waals surface area contributed by atoms with Crippen molar-refractivity contribution < 1.29 is 4.79 Å². The Balaban J connectivity index is 2.00. The average molecular weight is 266 g/mol. The van der Waals surface area contributed by atoms with Gasteiger partial charge in [0, 0.05) is 11.4 Å². The van der Waals surface area contributed by atoms with E-state index in [-0.39, 0.29) is 11.3 Å². The summed E-state index contributed by atoms with van der Waals surface area (Å²) in [6.45, 7) is 8.79. The average Bonchev–Trinajstić information content (AvgIpc) is 2.95. The summed E-state index contributed by atoms with van der Waals surface area (Å²) in [6.07, 6.45) is 0.944. The lowest BCUT2D eigenvalue weighted by Gasteiger charge is -2.31. The van der Waals surface area contributed by atoms with E-state index in [1.807, 2.05) is 0 Å². The minimum atomic E-state index is -0.217. The van der Waals surface area contributed by atoms with Crippen molar-refractivity contribution >= 4 is 17.2 Å². The van der Waals surface area contributed by atoms with Crippen molar-refractivity contribution in [1.29, 1.82) is 0 Å². The van der Waals surface area contributed by atoms with E-state index in [0.29, 0.717) is 12.5 Å². The third-order valence-electron chi connectivity index (χ3n) is 4.12. The second-order valence-corrected chi connectivity index (χ2v) is 6.45. The van der Waals surface area contributed by atoms with Crippen molar-refractivity contribution in [2.45, 2.75) is 33.7 Å². The van der Waals surface area contributed by atoms with Gasteiger partial charge in [0.15, 0.2) is 0 Å². The van der Waals surface area contributed by atoms with Gasteiger partial charge in [0.05, 0.1) is 12.0 Å². The minimum Gasteiger partial charge on any atom is -0.351 e. The lowest BCUT2D eigenvalue weighted by Crippen LogP contribution is -2.45. The van der Waals surface area contributed by atoms with Crippen LogP contribution in [0, 0.1) is 18.3 Å². The Bertz CT molecular complexity index is 419. The molecule has 1 aliphatic heterocycles. The lowest BCUT2D eigenvalue weighted by atomic mass is 9.75. The number of carbonyl (C=O) groups excluding carboxylic acids is 1. The normalized spacial score (nSPS) is 23.6. The van der Waals surface area contributed by atoms with Gasteiger partial charge in [-0.3, -0.25) is 4.79 Å². The Hall–Kier alpha value is -0.870. The number of rotatable bonds is 4. The summed E-state index contributed by atoms with van der Waals surface area (Å²) >= 11 is 1.71. The summed E-state index contributed by atoms with van der Waals surface area (Å²) in [6, 6.07) is 2.10. The van der Waals surface area contributed by atoms with Crippen LogP contribution in [0.15, 0.2) is 11.4 Å². The van der Waals surface area contributed by atoms with Gasteiger partial charge >= 0.3 is 0 Å². The number of carbonyl (C=O) groups is 1. The molecule has 1 fully saturated rings. The molecule has 1 amide bonds. The molecule has 2 rings (SSSR count). The van der Waals surface area contributed by atoms with E-state index in [9.17, 15) is 4.79 Å². The van der Waals surface area contributed by atoms with E-state index in [0.717, 1.165) is 19.5 Å². The summed E-state index contributed by atoms with van der Waals surface area (Å²) in [7, 11) is 0. The number of thiophene rings is 1. The Labute approximate surface area is 113 Å². The van der Waals surface area contributed by atoms with E-state index in [2.05, 4.69) is 42.9 Å². The lowest BCUT2D eigenvalue weighted by molar-refractivity contribution is -0.132. The molecule has 1 atom stereocenters. The molecule has 1 aromatic rings. The molecule has 2 heterocycles. The van der Waals surface area contributed by atoms with Crippen LogP contribution in [0.3, 0.4) is 0 Å². The molecule has 3 nitrogen and oxygen atoms in total. The molecule has 100 valence electrons. The first kappa shape index (κ1) is 13.6. The SMILES string of the molecule is Cc1ccsc1CNC(=O)C1(C(C)C)CCNC1. The monoisotopic (exact) mass is 266 g/mol. The number of hydrogen-bond donors (Lipinski definition) is 2. The van der Waals surface area contributed by atoms with Crippen molar-refractivity contribution in [1.82, 2.24) is 10.6 Å². The van der Waals surface area contributed by atoms with Gasteiger partial charge in [-0.15, -0.1) is 11.3 Å². The maximum absolute atomic E-state index is 12.5. The maximum atomic E-state index is 12.5. The second-order valence-electron chi connectivity index (χ2n) is 5.45. The standard InChI is InChI=1S/C14H22N2OS/c1-10(2)14(5-6-15-9-14)13(17)16-8-12-11(3)4-7-18-12/h4,7,10,15H,5-6,8-9H2,1-3H3,(H,16,17). The van der Waals surface area contributed by atoms with Crippen LogP contribution in [0.1, 0.15) is 30.7 Å². The predicted octanol–water partition coefficient (Wildman–Crippen LogP) is 2.31. The molecule has 1 saturated heterocycles. The summed E-state index contributed by atoms with van der Waals surface area (Å²) in [5, 5.41) is 8.52. The summed E-state index contributed by atoms with van der Waals surface area (Å²) in [4.78, 5) is 13.7. The summed E-state index contributed by atoms with van der Waals surface area (Å²) in [5.41, 5.74) is 1.05. The number of nitrogens with one attached hydrogen (secondary N) is 2. The van der Waals surface area contributed by atoms with Crippen molar-refractivity contribution in [3.05, 3.63) is 21.9 Å². The second kappa shape index (κ2) is 5.41. The van der Waals surface area contributed by atoms with Crippen molar-refractivity contribution in [3.63, 3.8) is 0 Å². The molecule has 0 spiro atoms. The van der Waals surface area contributed by atoms with E-state index < -0.39 is 0 Å². The van der Waals surface area contributed by atoms with Crippen molar-refractivity contribution in [2.75, 3.05) is 13.1 Å². The molecule has 1 aliphatic rings. The predicted molar refractivity (Wildman–Crippen MR) is 75.7 cm³/mol. The summed E-state index contributed by atoms with van der Waals surface area (Å²) in [5.74, 6) is 0.576. The van der Waals surface area contributed by atoms with Crippen molar-refractivity contribution in [2.24, 2.45) is 11.3 Å². The third-order valence-corrected chi connectivity index (χ3v) is 5.15. The summed E-state index contributed by atoms with van der Waals surface area (Å²) < 4.78 is 0. The van der Waals surface area contributed by atoms with Gasteiger partial charge in [0.1, 0.15) is 0 Å². The maximum Gasteiger partial charge on any atom is 0.228 e. The molecule has 0 aliphatic carbocycles. The third kappa shape index (κ3) is 2.45.